The standard InChI is InChI=1S/C16H20N2O3/c1-3-9-17-15(19)11-21-14-7-5-6-13-12(14)8-10-18(4-2)16(13)20/h5-8,10H,3-4,9,11H2,1-2H3,(H,17,19). The van der Waals surface area contributed by atoms with Crippen molar-refractivity contribution in [1.29, 1.82) is 0 Å². The molecule has 0 unspecified atom stereocenters. The van der Waals surface area contributed by atoms with Gasteiger partial charge in [-0.05, 0) is 31.5 Å². The zero-order chi connectivity index (χ0) is 15.2. The summed E-state index contributed by atoms with van der Waals surface area (Å²) in [6, 6.07) is 7.15. The van der Waals surface area contributed by atoms with Gasteiger partial charge in [-0.2, -0.15) is 0 Å². The van der Waals surface area contributed by atoms with E-state index < -0.39 is 0 Å². The van der Waals surface area contributed by atoms with Crippen molar-refractivity contribution < 1.29 is 9.53 Å². The highest BCUT2D eigenvalue weighted by Crippen LogP contribution is 2.22. The van der Waals surface area contributed by atoms with Crippen LogP contribution in [0, 0.1) is 0 Å². The Morgan fingerprint density at radius 1 is 1.24 bits per heavy atom. The Kier molecular flexibility index (Phi) is 4.98. The number of pyridine rings is 1. The molecule has 0 aliphatic carbocycles. The molecule has 0 aliphatic rings. The number of carbonyl (C=O) groups is 1. The van der Waals surface area contributed by atoms with Crippen molar-refractivity contribution >= 4 is 16.7 Å². The minimum Gasteiger partial charge on any atom is -0.483 e. The molecule has 112 valence electrons. The van der Waals surface area contributed by atoms with Crippen molar-refractivity contribution in [2.24, 2.45) is 0 Å². The fraction of sp³-hybridized carbons (Fsp3) is 0.375. The molecular formula is C16H20N2O3. The van der Waals surface area contributed by atoms with Crippen molar-refractivity contribution in [2.45, 2.75) is 26.8 Å². The first-order valence-electron chi connectivity index (χ1n) is 7.19. The summed E-state index contributed by atoms with van der Waals surface area (Å²) >= 11 is 0. The van der Waals surface area contributed by atoms with E-state index in [1.165, 1.54) is 0 Å². The average molecular weight is 288 g/mol. The number of nitrogens with one attached hydrogen (secondary N) is 1. The first kappa shape index (κ1) is 15.1. The molecule has 0 atom stereocenters. The number of amides is 1. The number of hydrogen-bond acceptors (Lipinski definition) is 3. The summed E-state index contributed by atoms with van der Waals surface area (Å²) in [5.74, 6) is 0.398. The molecule has 1 amide bonds. The lowest BCUT2D eigenvalue weighted by Crippen LogP contribution is -2.29. The van der Waals surface area contributed by atoms with Gasteiger partial charge in [0.2, 0.25) is 0 Å². The maximum absolute atomic E-state index is 12.2. The molecular weight excluding hydrogens is 268 g/mol. The Hall–Kier alpha value is -2.30. The molecule has 5 nitrogen and oxygen atoms in total. The van der Waals surface area contributed by atoms with Gasteiger partial charge in [0.15, 0.2) is 6.61 Å². The number of ether oxygens (including phenoxy) is 1. The number of aromatic nitrogens is 1. The van der Waals surface area contributed by atoms with Gasteiger partial charge in [-0.3, -0.25) is 9.59 Å². The predicted octanol–water partition coefficient (Wildman–Crippen LogP) is 1.93. The van der Waals surface area contributed by atoms with Crippen molar-refractivity contribution in [2.75, 3.05) is 13.2 Å². The van der Waals surface area contributed by atoms with Crippen LogP contribution in [0.4, 0.5) is 0 Å². The molecule has 0 fully saturated rings. The van der Waals surface area contributed by atoms with Gasteiger partial charge in [0, 0.05) is 24.7 Å². The SMILES string of the molecule is CCCNC(=O)COc1cccc2c(=O)n(CC)ccc12. The molecule has 5 heteroatoms. The Morgan fingerprint density at radius 2 is 2.05 bits per heavy atom. The normalized spacial score (nSPS) is 10.6. The zero-order valence-electron chi connectivity index (χ0n) is 12.4. The van der Waals surface area contributed by atoms with E-state index in [2.05, 4.69) is 5.32 Å². The van der Waals surface area contributed by atoms with Crippen molar-refractivity contribution in [3.05, 3.63) is 40.8 Å². The van der Waals surface area contributed by atoms with E-state index in [1.807, 2.05) is 19.9 Å². The van der Waals surface area contributed by atoms with Gasteiger partial charge in [-0.25, -0.2) is 0 Å². The van der Waals surface area contributed by atoms with Gasteiger partial charge in [-0.1, -0.05) is 13.0 Å². The average Bonchev–Trinajstić information content (AvgIpc) is 2.51. The Bertz CT molecular complexity index is 691. The lowest BCUT2D eigenvalue weighted by molar-refractivity contribution is -0.123. The van der Waals surface area contributed by atoms with E-state index in [1.54, 1.807) is 29.0 Å². The molecule has 1 N–H and O–H groups in total. The molecule has 2 aromatic rings. The lowest BCUT2D eigenvalue weighted by atomic mass is 10.1. The van der Waals surface area contributed by atoms with Gasteiger partial charge in [0.1, 0.15) is 5.75 Å². The highest BCUT2D eigenvalue weighted by molar-refractivity contribution is 5.88. The largest absolute Gasteiger partial charge is 0.483 e. The summed E-state index contributed by atoms with van der Waals surface area (Å²) < 4.78 is 7.19. The number of rotatable bonds is 6. The fourth-order valence-electron chi connectivity index (χ4n) is 2.12. The summed E-state index contributed by atoms with van der Waals surface area (Å²) in [4.78, 5) is 23.8. The van der Waals surface area contributed by atoms with Crippen LogP contribution in [0.2, 0.25) is 0 Å². The maximum atomic E-state index is 12.2. The van der Waals surface area contributed by atoms with Crippen LogP contribution in [0.3, 0.4) is 0 Å². The van der Waals surface area contributed by atoms with Gasteiger partial charge < -0.3 is 14.6 Å². The molecule has 1 aromatic carbocycles. The van der Waals surface area contributed by atoms with Crippen LogP contribution in [-0.2, 0) is 11.3 Å². The van der Waals surface area contributed by atoms with Crippen LogP contribution in [0.25, 0.3) is 10.8 Å². The summed E-state index contributed by atoms with van der Waals surface area (Å²) in [5.41, 5.74) is -0.0455. The first-order valence-corrected chi connectivity index (χ1v) is 7.19. The third kappa shape index (κ3) is 3.42. The Labute approximate surface area is 123 Å². The summed E-state index contributed by atoms with van der Waals surface area (Å²) in [6.45, 7) is 5.13. The third-order valence-corrected chi connectivity index (χ3v) is 3.25. The fourth-order valence-corrected chi connectivity index (χ4v) is 2.12. The minimum absolute atomic E-state index is 0.0455. The molecule has 21 heavy (non-hydrogen) atoms. The molecule has 0 bridgehead atoms. The second-order valence-corrected chi connectivity index (χ2v) is 4.76. The van der Waals surface area contributed by atoms with Gasteiger partial charge in [0.05, 0.1) is 5.39 Å². The van der Waals surface area contributed by atoms with Crippen LogP contribution >= 0.6 is 0 Å². The third-order valence-electron chi connectivity index (χ3n) is 3.25. The highest BCUT2D eigenvalue weighted by atomic mass is 16.5. The van der Waals surface area contributed by atoms with Crippen molar-refractivity contribution in [3.8, 4) is 5.75 Å². The molecule has 0 spiro atoms. The molecule has 1 heterocycles. The molecule has 0 radical (unpaired) electrons. The van der Waals surface area contributed by atoms with Gasteiger partial charge >= 0.3 is 0 Å². The van der Waals surface area contributed by atoms with E-state index in [0.717, 1.165) is 11.8 Å². The van der Waals surface area contributed by atoms with Crippen LogP contribution in [0.1, 0.15) is 20.3 Å². The zero-order valence-corrected chi connectivity index (χ0v) is 12.4. The Balaban J connectivity index is 2.23. The smallest absolute Gasteiger partial charge is 0.258 e. The van der Waals surface area contributed by atoms with Gasteiger partial charge in [-0.15, -0.1) is 0 Å². The predicted molar refractivity (Wildman–Crippen MR) is 82.7 cm³/mol. The maximum Gasteiger partial charge on any atom is 0.258 e. The van der Waals surface area contributed by atoms with Crippen molar-refractivity contribution in [3.63, 3.8) is 0 Å². The molecule has 2 rings (SSSR count). The topological polar surface area (TPSA) is 60.3 Å². The van der Waals surface area contributed by atoms with E-state index >= 15 is 0 Å². The quantitative estimate of drug-likeness (QED) is 0.883. The minimum atomic E-state index is -0.157. The van der Waals surface area contributed by atoms with Crippen LogP contribution in [-0.4, -0.2) is 23.6 Å². The number of hydrogen-bond donors (Lipinski definition) is 1. The van der Waals surface area contributed by atoms with Crippen molar-refractivity contribution in [1.82, 2.24) is 9.88 Å². The number of fused-ring (bicyclic) bond motifs is 1. The Morgan fingerprint density at radius 3 is 2.76 bits per heavy atom. The second kappa shape index (κ2) is 6.92. The number of nitrogens with zero attached hydrogens (tertiary/aromatic N) is 1. The summed E-state index contributed by atoms with van der Waals surface area (Å²) in [7, 11) is 0. The molecule has 1 aromatic heterocycles. The highest BCUT2D eigenvalue weighted by Gasteiger charge is 2.08. The molecule has 0 saturated heterocycles. The summed E-state index contributed by atoms with van der Waals surface area (Å²) in [5, 5.41) is 4.09. The van der Waals surface area contributed by atoms with Gasteiger partial charge in [0.25, 0.3) is 11.5 Å². The summed E-state index contributed by atoms with van der Waals surface area (Å²) in [6.07, 6.45) is 2.63. The van der Waals surface area contributed by atoms with E-state index in [4.69, 9.17) is 4.74 Å². The molecule has 0 saturated carbocycles. The second-order valence-electron chi connectivity index (χ2n) is 4.76. The van der Waals surface area contributed by atoms with E-state index in [-0.39, 0.29) is 18.1 Å². The van der Waals surface area contributed by atoms with Crippen LogP contribution < -0.4 is 15.6 Å². The van der Waals surface area contributed by atoms with E-state index in [0.29, 0.717) is 24.2 Å². The molecule has 0 aliphatic heterocycles. The lowest BCUT2D eigenvalue weighted by Gasteiger charge is -2.10. The number of benzene rings is 1. The van der Waals surface area contributed by atoms with Crippen LogP contribution in [0.15, 0.2) is 35.3 Å². The van der Waals surface area contributed by atoms with Crippen LogP contribution in [0.5, 0.6) is 5.75 Å². The first-order chi connectivity index (χ1) is 10.2. The van der Waals surface area contributed by atoms with E-state index in [9.17, 15) is 9.59 Å². The monoisotopic (exact) mass is 288 g/mol. The number of aryl methyl sites for hydroxylation is 1. The number of carbonyl (C=O) groups excluding carboxylic acids is 1.